The van der Waals surface area contributed by atoms with Gasteiger partial charge < -0.3 is 14.3 Å². The molecule has 6 nitrogen and oxygen atoms in total. The van der Waals surface area contributed by atoms with Gasteiger partial charge >= 0.3 is 0 Å². The quantitative estimate of drug-likeness (QED) is 0.763. The van der Waals surface area contributed by atoms with E-state index in [9.17, 15) is 4.79 Å². The molecule has 92 valence electrons. The van der Waals surface area contributed by atoms with E-state index < -0.39 is 0 Å². The Bertz CT molecular complexity index is 666. The van der Waals surface area contributed by atoms with Crippen LogP contribution in [0.25, 0.3) is 11.1 Å². The van der Waals surface area contributed by atoms with Gasteiger partial charge in [0.2, 0.25) is 0 Å². The summed E-state index contributed by atoms with van der Waals surface area (Å²) in [6, 6.07) is 3.46. The minimum atomic E-state index is -0.154. The molecule has 0 atom stereocenters. The van der Waals surface area contributed by atoms with Crippen LogP contribution in [0.4, 0.5) is 5.69 Å². The van der Waals surface area contributed by atoms with Crippen LogP contribution in [0, 0.1) is 0 Å². The average Bonchev–Trinajstić information content (AvgIpc) is 3.00. The number of nitrogens with one attached hydrogen (secondary N) is 2. The molecule has 0 aliphatic rings. The molecule has 1 amide bonds. The summed E-state index contributed by atoms with van der Waals surface area (Å²) in [7, 11) is 1.69. The van der Waals surface area contributed by atoms with Crippen LogP contribution in [0.3, 0.4) is 0 Å². The van der Waals surface area contributed by atoms with Gasteiger partial charge in [-0.15, -0.1) is 0 Å². The van der Waals surface area contributed by atoms with Gasteiger partial charge in [-0.3, -0.25) is 9.89 Å². The number of furan rings is 1. The molecule has 0 bridgehead atoms. The van der Waals surface area contributed by atoms with Gasteiger partial charge in [0.05, 0.1) is 17.4 Å². The van der Waals surface area contributed by atoms with E-state index in [1.807, 2.05) is 0 Å². The molecule has 0 aliphatic heterocycles. The molecule has 3 aromatic rings. The van der Waals surface area contributed by atoms with E-state index in [-0.39, 0.29) is 5.91 Å². The fraction of sp³-hybridized carbons (Fsp3) is 0.0909. The largest absolute Gasteiger partial charge is 0.448 e. The van der Waals surface area contributed by atoms with E-state index >= 15 is 0 Å². The molecule has 0 saturated heterocycles. The second-order valence-electron chi connectivity index (χ2n) is 3.83. The Morgan fingerprint density at radius 2 is 2.33 bits per heavy atom. The average molecular weight is 309 g/mol. The first-order valence-electron chi connectivity index (χ1n) is 5.20. The highest BCUT2D eigenvalue weighted by Gasteiger charge is 2.18. The van der Waals surface area contributed by atoms with Crippen molar-refractivity contribution in [2.75, 3.05) is 11.9 Å². The SMILES string of the molecule is CN(C(=O)c1cc2oc(Br)cc2[nH]1)c1cn[nH]c1. The summed E-state index contributed by atoms with van der Waals surface area (Å²) >= 11 is 3.23. The number of carbonyl (C=O) groups excluding carboxylic acids is 1. The van der Waals surface area contributed by atoms with Crippen LogP contribution in [0.1, 0.15) is 10.5 Å². The molecular weight excluding hydrogens is 300 g/mol. The number of nitrogens with zero attached hydrogens (tertiary/aromatic N) is 2. The van der Waals surface area contributed by atoms with Gasteiger partial charge in [0.25, 0.3) is 5.91 Å². The normalized spacial score (nSPS) is 11.0. The molecule has 0 radical (unpaired) electrons. The van der Waals surface area contributed by atoms with Gasteiger partial charge in [0.15, 0.2) is 10.3 Å². The molecule has 0 fully saturated rings. The summed E-state index contributed by atoms with van der Waals surface area (Å²) in [6.07, 6.45) is 3.24. The number of anilines is 1. The number of carbonyl (C=O) groups is 1. The van der Waals surface area contributed by atoms with Crippen LogP contribution in [0.5, 0.6) is 0 Å². The van der Waals surface area contributed by atoms with Crippen molar-refractivity contribution in [3.8, 4) is 0 Å². The monoisotopic (exact) mass is 308 g/mol. The number of H-pyrrole nitrogens is 2. The molecule has 0 saturated carbocycles. The standard InChI is InChI=1S/C11H9BrN4O2/c1-16(6-4-13-14-5-6)11(17)8-2-9-7(15-8)3-10(12)18-9/h2-5,15H,1H3,(H,13,14). The topological polar surface area (TPSA) is 77.9 Å². The zero-order valence-electron chi connectivity index (χ0n) is 9.40. The zero-order chi connectivity index (χ0) is 12.7. The molecule has 0 aromatic carbocycles. The minimum Gasteiger partial charge on any atom is -0.448 e. The van der Waals surface area contributed by atoms with E-state index in [4.69, 9.17) is 4.42 Å². The van der Waals surface area contributed by atoms with Crippen molar-refractivity contribution in [1.82, 2.24) is 15.2 Å². The fourth-order valence-corrected chi connectivity index (χ4v) is 2.14. The summed E-state index contributed by atoms with van der Waals surface area (Å²) in [6.45, 7) is 0. The van der Waals surface area contributed by atoms with Crippen molar-refractivity contribution in [1.29, 1.82) is 0 Å². The maximum atomic E-state index is 12.2. The fourth-order valence-electron chi connectivity index (χ4n) is 1.73. The smallest absolute Gasteiger partial charge is 0.274 e. The highest BCUT2D eigenvalue weighted by Crippen LogP contribution is 2.24. The first-order chi connectivity index (χ1) is 8.65. The molecule has 0 spiro atoms. The highest BCUT2D eigenvalue weighted by atomic mass is 79.9. The van der Waals surface area contributed by atoms with Crippen molar-refractivity contribution >= 4 is 38.6 Å². The summed E-state index contributed by atoms with van der Waals surface area (Å²) in [5.74, 6) is -0.154. The number of hydrogen-bond donors (Lipinski definition) is 2. The molecule has 3 heterocycles. The van der Waals surface area contributed by atoms with Crippen LogP contribution in [0.2, 0.25) is 0 Å². The lowest BCUT2D eigenvalue weighted by molar-refractivity contribution is 0.0989. The third-order valence-corrected chi connectivity index (χ3v) is 3.07. The Hall–Kier alpha value is -2.02. The second kappa shape index (κ2) is 4.02. The van der Waals surface area contributed by atoms with Crippen molar-refractivity contribution in [2.24, 2.45) is 0 Å². The van der Waals surface area contributed by atoms with Gasteiger partial charge in [-0.05, 0) is 15.9 Å². The Labute approximate surface area is 110 Å². The van der Waals surface area contributed by atoms with E-state index in [0.717, 1.165) is 5.52 Å². The lowest BCUT2D eigenvalue weighted by Gasteiger charge is -2.13. The number of hydrogen-bond acceptors (Lipinski definition) is 3. The van der Waals surface area contributed by atoms with E-state index in [2.05, 4.69) is 31.1 Å². The number of rotatable bonds is 2. The molecule has 3 rings (SSSR count). The number of amides is 1. The first kappa shape index (κ1) is 11.1. The summed E-state index contributed by atoms with van der Waals surface area (Å²) in [5, 5.41) is 6.48. The van der Waals surface area contributed by atoms with Crippen molar-refractivity contribution in [3.05, 3.63) is 34.9 Å². The van der Waals surface area contributed by atoms with E-state index in [1.165, 1.54) is 4.90 Å². The number of aromatic nitrogens is 3. The van der Waals surface area contributed by atoms with Gasteiger partial charge in [-0.25, -0.2) is 0 Å². The maximum absolute atomic E-state index is 12.2. The van der Waals surface area contributed by atoms with Gasteiger partial charge in [-0.1, -0.05) is 0 Å². The van der Waals surface area contributed by atoms with E-state index in [0.29, 0.717) is 21.6 Å². The molecule has 0 aliphatic carbocycles. The predicted octanol–water partition coefficient (Wildman–Crippen LogP) is 2.52. The lowest BCUT2D eigenvalue weighted by Crippen LogP contribution is -2.26. The zero-order valence-corrected chi connectivity index (χ0v) is 11.0. The molecule has 2 N–H and O–H groups in total. The van der Waals surface area contributed by atoms with Gasteiger partial charge in [-0.2, -0.15) is 5.10 Å². The Kier molecular flexibility index (Phi) is 2.48. The van der Waals surface area contributed by atoms with Gasteiger partial charge in [0.1, 0.15) is 5.69 Å². The van der Waals surface area contributed by atoms with Gasteiger partial charge in [0, 0.05) is 25.4 Å². The Morgan fingerprint density at radius 3 is 3.00 bits per heavy atom. The number of aromatic amines is 2. The van der Waals surface area contributed by atoms with Crippen LogP contribution in [0.15, 0.2) is 33.6 Å². The summed E-state index contributed by atoms with van der Waals surface area (Å²) < 4.78 is 6.00. The van der Waals surface area contributed by atoms with Crippen molar-refractivity contribution < 1.29 is 9.21 Å². The lowest BCUT2D eigenvalue weighted by atomic mass is 10.3. The second-order valence-corrected chi connectivity index (χ2v) is 4.61. The number of fused-ring (bicyclic) bond motifs is 1. The summed E-state index contributed by atoms with van der Waals surface area (Å²) in [4.78, 5) is 16.7. The van der Waals surface area contributed by atoms with Crippen molar-refractivity contribution in [3.63, 3.8) is 0 Å². The molecule has 0 unspecified atom stereocenters. The van der Waals surface area contributed by atoms with E-state index in [1.54, 1.807) is 31.6 Å². The summed E-state index contributed by atoms with van der Waals surface area (Å²) in [5.41, 5.74) is 2.60. The van der Waals surface area contributed by atoms with Crippen molar-refractivity contribution in [2.45, 2.75) is 0 Å². The van der Waals surface area contributed by atoms with Crippen LogP contribution in [-0.4, -0.2) is 28.1 Å². The molecule has 3 aromatic heterocycles. The van der Waals surface area contributed by atoms with Crippen LogP contribution >= 0.6 is 15.9 Å². The Morgan fingerprint density at radius 1 is 1.50 bits per heavy atom. The number of halogens is 1. The Balaban J connectivity index is 1.94. The third kappa shape index (κ3) is 1.72. The molecular formula is C11H9BrN4O2. The molecule has 7 heteroatoms. The highest BCUT2D eigenvalue weighted by molar-refractivity contribution is 9.10. The minimum absolute atomic E-state index is 0.154. The van der Waals surface area contributed by atoms with Crippen LogP contribution < -0.4 is 4.90 Å². The maximum Gasteiger partial charge on any atom is 0.274 e. The third-order valence-electron chi connectivity index (χ3n) is 2.68. The van der Waals surface area contributed by atoms with Crippen LogP contribution in [-0.2, 0) is 0 Å². The first-order valence-corrected chi connectivity index (χ1v) is 5.99. The predicted molar refractivity (Wildman–Crippen MR) is 69.6 cm³/mol. The molecule has 18 heavy (non-hydrogen) atoms.